The van der Waals surface area contributed by atoms with E-state index in [2.05, 4.69) is 64.8 Å². The molecule has 5 nitrogen and oxygen atoms in total. The summed E-state index contributed by atoms with van der Waals surface area (Å²) in [6, 6.07) is 22.8. The Hall–Kier alpha value is -3.83. The Bertz CT molecular complexity index is 1350. The monoisotopic (exact) mass is 405 g/mol. The summed E-state index contributed by atoms with van der Waals surface area (Å²) in [4.78, 5) is 9.82. The third-order valence-corrected chi connectivity index (χ3v) is 5.66. The molecule has 0 aliphatic rings. The van der Waals surface area contributed by atoms with Crippen LogP contribution in [0.15, 0.2) is 72.9 Å². The van der Waals surface area contributed by atoms with Crippen molar-refractivity contribution in [3.8, 4) is 33.6 Å². The van der Waals surface area contributed by atoms with Crippen LogP contribution in [0.1, 0.15) is 17.0 Å². The fourth-order valence-corrected chi connectivity index (χ4v) is 4.05. The Labute approximate surface area is 181 Å². The Balaban J connectivity index is 1.81. The summed E-state index contributed by atoms with van der Waals surface area (Å²) in [5.74, 6) is 0. The van der Waals surface area contributed by atoms with Gasteiger partial charge in [0.05, 0.1) is 22.6 Å². The zero-order valence-electron chi connectivity index (χ0n) is 17.6. The van der Waals surface area contributed by atoms with Crippen molar-refractivity contribution < 1.29 is 0 Å². The number of pyridine rings is 2. The van der Waals surface area contributed by atoms with Gasteiger partial charge in [0, 0.05) is 40.5 Å². The van der Waals surface area contributed by atoms with Gasteiger partial charge in [0.1, 0.15) is 0 Å². The van der Waals surface area contributed by atoms with E-state index < -0.39 is 0 Å². The second kappa shape index (κ2) is 7.78. The first-order valence-corrected chi connectivity index (χ1v) is 10.3. The summed E-state index contributed by atoms with van der Waals surface area (Å²) in [6.07, 6.45) is 1.82. The molecule has 0 atom stereocenters. The highest BCUT2D eigenvalue weighted by Crippen LogP contribution is 2.37. The molecule has 0 bridgehead atoms. The first-order valence-electron chi connectivity index (χ1n) is 10.3. The van der Waals surface area contributed by atoms with Gasteiger partial charge in [-0.05, 0) is 37.1 Å². The SMILES string of the molecule is Cc1n[nH]c(C)c1-c1nccc2nc(-c3ccc(CN)cc3)c(-c3ccccc3)cc12. The van der Waals surface area contributed by atoms with Crippen molar-refractivity contribution in [3.63, 3.8) is 0 Å². The number of H-pyrrole nitrogens is 1. The van der Waals surface area contributed by atoms with Gasteiger partial charge in [0.25, 0.3) is 0 Å². The first-order chi connectivity index (χ1) is 15.2. The highest BCUT2D eigenvalue weighted by molar-refractivity contribution is 5.99. The lowest BCUT2D eigenvalue weighted by Gasteiger charge is -2.14. The Kier molecular flexibility index (Phi) is 4.81. The Morgan fingerprint density at radius 2 is 1.65 bits per heavy atom. The third-order valence-electron chi connectivity index (χ3n) is 5.66. The van der Waals surface area contributed by atoms with Crippen LogP contribution in [0.25, 0.3) is 44.5 Å². The highest BCUT2D eigenvalue weighted by atomic mass is 15.1. The van der Waals surface area contributed by atoms with Crippen LogP contribution >= 0.6 is 0 Å². The number of nitrogens with one attached hydrogen (secondary N) is 1. The first kappa shape index (κ1) is 19.2. The molecule has 0 fully saturated rings. The van der Waals surface area contributed by atoms with E-state index in [1.54, 1.807) is 0 Å². The van der Waals surface area contributed by atoms with E-state index in [0.29, 0.717) is 6.54 Å². The van der Waals surface area contributed by atoms with Crippen molar-refractivity contribution in [2.75, 3.05) is 0 Å². The molecule has 31 heavy (non-hydrogen) atoms. The van der Waals surface area contributed by atoms with E-state index in [9.17, 15) is 0 Å². The molecule has 152 valence electrons. The number of aromatic nitrogens is 4. The highest BCUT2D eigenvalue weighted by Gasteiger charge is 2.18. The van der Waals surface area contributed by atoms with Gasteiger partial charge < -0.3 is 5.73 Å². The number of rotatable bonds is 4. The molecule has 5 aromatic rings. The predicted octanol–water partition coefficient (Wildman–Crippen LogP) is 5.43. The minimum absolute atomic E-state index is 0.523. The van der Waals surface area contributed by atoms with Crippen LogP contribution in [0.3, 0.4) is 0 Å². The fraction of sp³-hybridized carbons (Fsp3) is 0.115. The summed E-state index contributed by atoms with van der Waals surface area (Å²) >= 11 is 0. The molecule has 3 aromatic heterocycles. The van der Waals surface area contributed by atoms with E-state index in [-0.39, 0.29) is 0 Å². The summed E-state index contributed by atoms with van der Waals surface area (Å²) in [6.45, 7) is 4.54. The average molecular weight is 406 g/mol. The van der Waals surface area contributed by atoms with Crippen LogP contribution in [0.4, 0.5) is 0 Å². The van der Waals surface area contributed by atoms with Crippen LogP contribution in [0, 0.1) is 13.8 Å². The molecule has 5 rings (SSSR count). The molecule has 2 aromatic carbocycles. The number of hydrogen-bond acceptors (Lipinski definition) is 4. The van der Waals surface area contributed by atoms with Crippen molar-refractivity contribution in [1.29, 1.82) is 0 Å². The molecule has 3 heterocycles. The Morgan fingerprint density at radius 3 is 2.32 bits per heavy atom. The number of benzene rings is 2. The van der Waals surface area contributed by atoms with E-state index in [1.165, 1.54) is 0 Å². The summed E-state index contributed by atoms with van der Waals surface area (Å²) in [5.41, 5.74) is 15.9. The van der Waals surface area contributed by atoms with Gasteiger partial charge in [-0.1, -0.05) is 54.6 Å². The molecule has 0 saturated heterocycles. The van der Waals surface area contributed by atoms with E-state index >= 15 is 0 Å². The second-order valence-corrected chi connectivity index (χ2v) is 7.69. The molecule has 0 radical (unpaired) electrons. The maximum atomic E-state index is 5.79. The molecule has 0 aliphatic carbocycles. The molecule has 0 amide bonds. The molecular weight excluding hydrogens is 382 g/mol. The predicted molar refractivity (Wildman–Crippen MR) is 125 cm³/mol. The van der Waals surface area contributed by atoms with Crippen LogP contribution in [-0.2, 0) is 6.54 Å². The number of hydrogen-bond donors (Lipinski definition) is 2. The van der Waals surface area contributed by atoms with E-state index in [0.717, 1.165) is 61.5 Å². The molecule has 0 unspecified atom stereocenters. The van der Waals surface area contributed by atoms with Crippen LogP contribution in [0.5, 0.6) is 0 Å². The molecule has 0 aliphatic heterocycles. The standard InChI is InChI=1S/C26H23N5/c1-16-24(17(2)31-30-16)26-22-14-21(19-6-4-3-5-7-19)25(29-23(22)12-13-28-26)20-10-8-18(15-27)9-11-20/h3-14H,15,27H2,1-2H3,(H,30,31). The quantitative estimate of drug-likeness (QED) is 0.418. The Morgan fingerprint density at radius 1 is 0.871 bits per heavy atom. The smallest absolute Gasteiger partial charge is 0.0833 e. The lowest BCUT2D eigenvalue weighted by atomic mass is 9.95. The van der Waals surface area contributed by atoms with Gasteiger partial charge in [-0.3, -0.25) is 10.1 Å². The van der Waals surface area contributed by atoms with Gasteiger partial charge in [-0.2, -0.15) is 5.10 Å². The van der Waals surface area contributed by atoms with Crippen molar-refractivity contribution in [2.45, 2.75) is 20.4 Å². The zero-order chi connectivity index (χ0) is 21.4. The lowest BCUT2D eigenvalue weighted by molar-refractivity contribution is 1.02. The molecule has 0 spiro atoms. The number of fused-ring (bicyclic) bond motifs is 1. The number of aromatic amines is 1. The number of nitrogens with zero attached hydrogens (tertiary/aromatic N) is 3. The van der Waals surface area contributed by atoms with Crippen LogP contribution in [-0.4, -0.2) is 20.2 Å². The molecule has 3 N–H and O–H groups in total. The van der Waals surface area contributed by atoms with Gasteiger partial charge in [0.2, 0.25) is 0 Å². The van der Waals surface area contributed by atoms with Gasteiger partial charge >= 0.3 is 0 Å². The van der Waals surface area contributed by atoms with Gasteiger partial charge in [0.15, 0.2) is 0 Å². The normalized spacial score (nSPS) is 11.2. The van der Waals surface area contributed by atoms with Crippen molar-refractivity contribution >= 4 is 10.9 Å². The summed E-state index contributed by atoms with van der Waals surface area (Å²) in [5, 5.41) is 8.45. The lowest BCUT2D eigenvalue weighted by Crippen LogP contribution is -1.97. The van der Waals surface area contributed by atoms with Crippen LogP contribution in [0.2, 0.25) is 0 Å². The van der Waals surface area contributed by atoms with Gasteiger partial charge in [-0.25, -0.2) is 4.98 Å². The topological polar surface area (TPSA) is 80.5 Å². The molecular formula is C26H23N5. The van der Waals surface area contributed by atoms with Crippen molar-refractivity contribution in [3.05, 3.63) is 89.9 Å². The number of nitrogens with two attached hydrogens (primary N) is 1. The average Bonchev–Trinajstić information content (AvgIpc) is 3.16. The molecule has 0 saturated carbocycles. The second-order valence-electron chi connectivity index (χ2n) is 7.69. The minimum atomic E-state index is 0.523. The van der Waals surface area contributed by atoms with E-state index in [4.69, 9.17) is 15.7 Å². The molecule has 5 heteroatoms. The van der Waals surface area contributed by atoms with E-state index in [1.807, 2.05) is 32.2 Å². The fourth-order valence-electron chi connectivity index (χ4n) is 4.05. The number of aryl methyl sites for hydroxylation is 2. The maximum Gasteiger partial charge on any atom is 0.0833 e. The zero-order valence-corrected chi connectivity index (χ0v) is 17.6. The maximum absolute atomic E-state index is 5.79. The largest absolute Gasteiger partial charge is 0.326 e. The van der Waals surface area contributed by atoms with Crippen molar-refractivity contribution in [2.24, 2.45) is 5.73 Å². The van der Waals surface area contributed by atoms with Crippen molar-refractivity contribution in [1.82, 2.24) is 20.2 Å². The van der Waals surface area contributed by atoms with Crippen LogP contribution < -0.4 is 5.73 Å². The third kappa shape index (κ3) is 3.39. The summed E-state index contributed by atoms with van der Waals surface area (Å²) in [7, 11) is 0. The minimum Gasteiger partial charge on any atom is -0.326 e. The summed E-state index contributed by atoms with van der Waals surface area (Å²) < 4.78 is 0. The van der Waals surface area contributed by atoms with Gasteiger partial charge in [-0.15, -0.1) is 0 Å².